The lowest BCUT2D eigenvalue weighted by atomic mass is 9.93. The molecular weight excluding hydrogens is 460 g/mol. The first-order chi connectivity index (χ1) is 17.3. The lowest BCUT2D eigenvalue weighted by Crippen LogP contribution is -3.12. The van der Waals surface area contributed by atoms with Gasteiger partial charge in [-0.3, -0.25) is 9.59 Å². The molecule has 2 aromatic rings. The van der Waals surface area contributed by atoms with Gasteiger partial charge in [0.2, 0.25) is 5.78 Å². The fourth-order valence-electron chi connectivity index (χ4n) is 4.62. The number of likely N-dealkylation sites (tertiary alicyclic amines) is 1. The number of carbonyl (C=O) groups is 2. The van der Waals surface area contributed by atoms with Crippen molar-refractivity contribution in [2.75, 3.05) is 47.0 Å². The molecule has 0 aliphatic carbocycles. The average molecular weight is 497 g/mol. The smallest absolute Gasteiger partial charge is 0.295 e. The molecule has 0 saturated carbocycles. The first-order valence-corrected chi connectivity index (χ1v) is 12.4. The normalized spacial score (nSPS) is 17.1. The fourth-order valence-corrected chi connectivity index (χ4v) is 4.62. The van der Waals surface area contributed by atoms with Crippen molar-refractivity contribution in [3.05, 3.63) is 58.7 Å². The number of ether oxygens (including phenoxy) is 3. The number of methoxy groups -OCH3 is 2. The van der Waals surface area contributed by atoms with Gasteiger partial charge in [0.25, 0.3) is 5.91 Å². The molecule has 1 N–H and O–H groups in total. The Morgan fingerprint density at radius 2 is 1.72 bits per heavy atom. The van der Waals surface area contributed by atoms with Gasteiger partial charge in [0.15, 0.2) is 11.5 Å². The summed E-state index contributed by atoms with van der Waals surface area (Å²) in [5, 5.41) is 13.8. The lowest BCUT2D eigenvalue weighted by molar-refractivity contribution is -0.895. The summed E-state index contributed by atoms with van der Waals surface area (Å²) in [4.78, 5) is 29.4. The van der Waals surface area contributed by atoms with Crippen molar-refractivity contribution >= 4 is 17.4 Å². The Balaban J connectivity index is 2.17. The average Bonchev–Trinajstić information content (AvgIpc) is 3.14. The van der Waals surface area contributed by atoms with Crippen molar-refractivity contribution in [3.8, 4) is 17.2 Å². The van der Waals surface area contributed by atoms with Crippen LogP contribution in [0.2, 0.25) is 0 Å². The Morgan fingerprint density at radius 1 is 1.00 bits per heavy atom. The maximum absolute atomic E-state index is 13.8. The second kappa shape index (κ2) is 11.9. The van der Waals surface area contributed by atoms with Gasteiger partial charge in [0.05, 0.1) is 53.0 Å². The number of nitrogens with zero attached hydrogens (tertiary/aromatic N) is 1. The van der Waals surface area contributed by atoms with Crippen LogP contribution in [0.15, 0.2) is 42.0 Å². The number of hydrogen-bond acceptors (Lipinski definition) is 6. The summed E-state index contributed by atoms with van der Waals surface area (Å²) >= 11 is 0. The van der Waals surface area contributed by atoms with Gasteiger partial charge in [-0.25, -0.2) is 0 Å². The molecule has 0 bridgehead atoms. The van der Waals surface area contributed by atoms with Crippen LogP contribution in [0.3, 0.4) is 0 Å². The molecule has 8 nitrogen and oxygen atoms in total. The van der Waals surface area contributed by atoms with Crippen molar-refractivity contribution in [1.82, 2.24) is 4.90 Å². The summed E-state index contributed by atoms with van der Waals surface area (Å²) in [7, 11) is 3.08. The number of benzene rings is 2. The number of carbonyl (C=O) groups excluding carboxylic acids is 2. The van der Waals surface area contributed by atoms with Crippen molar-refractivity contribution in [2.45, 2.75) is 33.7 Å². The van der Waals surface area contributed by atoms with E-state index < -0.39 is 23.5 Å². The van der Waals surface area contributed by atoms with Crippen LogP contribution in [-0.2, 0) is 9.59 Å². The quantitative estimate of drug-likeness (QED) is 0.288. The van der Waals surface area contributed by atoms with Crippen LogP contribution in [0.5, 0.6) is 17.2 Å². The zero-order valence-electron chi connectivity index (χ0n) is 22.0. The monoisotopic (exact) mass is 496 g/mol. The predicted octanol–water partition coefficient (Wildman–Crippen LogP) is 1.56. The van der Waals surface area contributed by atoms with Crippen molar-refractivity contribution in [1.29, 1.82) is 0 Å². The summed E-state index contributed by atoms with van der Waals surface area (Å²) in [6, 6.07) is 9.52. The Bertz CT molecular complexity index is 1140. The summed E-state index contributed by atoms with van der Waals surface area (Å²) in [6.45, 7) is 11.1. The third kappa shape index (κ3) is 5.33. The SMILES string of the molecule is CCOc1ccc(C2C(=C([O-])c3ccc(OC)cc3C)C(=O)C(=O)N2CC[NH+](CC)CC)cc1OC. The van der Waals surface area contributed by atoms with Crippen LogP contribution >= 0.6 is 0 Å². The van der Waals surface area contributed by atoms with Crippen LogP contribution in [-0.4, -0.2) is 63.6 Å². The van der Waals surface area contributed by atoms with E-state index in [1.807, 2.05) is 6.92 Å². The fraction of sp³-hybridized carbons (Fsp3) is 0.429. The van der Waals surface area contributed by atoms with Gasteiger partial charge in [-0.15, -0.1) is 0 Å². The van der Waals surface area contributed by atoms with E-state index in [-0.39, 0.29) is 5.57 Å². The molecule has 1 saturated heterocycles. The molecule has 1 atom stereocenters. The van der Waals surface area contributed by atoms with Gasteiger partial charge in [-0.1, -0.05) is 17.9 Å². The summed E-state index contributed by atoms with van der Waals surface area (Å²) in [5.41, 5.74) is 1.61. The van der Waals surface area contributed by atoms with E-state index in [1.54, 1.807) is 50.4 Å². The second-order valence-electron chi connectivity index (χ2n) is 8.70. The molecular formula is C28H36N2O6. The van der Waals surface area contributed by atoms with Gasteiger partial charge in [0, 0.05) is 5.57 Å². The van der Waals surface area contributed by atoms with Crippen LogP contribution in [0.25, 0.3) is 5.76 Å². The maximum Gasteiger partial charge on any atom is 0.295 e. The van der Waals surface area contributed by atoms with Crippen LogP contribution in [0, 0.1) is 6.92 Å². The van der Waals surface area contributed by atoms with Gasteiger partial charge in [0.1, 0.15) is 5.75 Å². The molecule has 1 unspecified atom stereocenters. The molecule has 0 spiro atoms. The highest BCUT2D eigenvalue weighted by Crippen LogP contribution is 2.41. The number of rotatable bonds is 11. The molecule has 1 amide bonds. The number of hydrogen-bond donors (Lipinski definition) is 1. The second-order valence-corrected chi connectivity index (χ2v) is 8.70. The zero-order chi connectivity index (χ0) is 26.4. The minimum Gasteiger partial charge on any atom is -0.872 e. The van der Waals surface area contributed by atoms with Gasteiger partial charge in [-0.05, 0) is 68.7 Å². The molecule has 0 aromatic heterocycles. The third-order valence-electron chi connectivity index (χ3n) is 6.72. The van der Waals surface area contributed by atoms with E-state index in [9.17, 15) is 14.7 Å². The Labute approximate surface area is 213 Å². The minimum absolute atomic E-state index is 0.0472. The van der Waals surface area contributed by atoms with E-state index >= 15 is 0 Å². The van der Waals surface area contributed by atoms with Gasteiger partial charge < -0.3 is 29.1 Å². The molecule has 2 aromatic carbocycles. The van der Waals surface area contributed by atoms with Crippen molar-refractivity contribution in [3.63, 3.8) is 0 Å². The minimum atomic E-state index is -0.821. The number of nitrogens with one attached hydrogen (secondary N) is 1. The van der Waals surface area contributed by atoms with E-state index in [0.29, 0.717) is 53.6 Å². The van der Waals surface area contributed by atoms with Crippen LogP contribution < -0.4 is 24.2 Å². The van der Waals surface area contributed by atoms with E-state index in [4.69, 9.17) is 14.2 Å². The highest BCUT2D eigenvalue weighted by Gasteiger charge is 2.44. The Hall–Kier alpha value is -3.52. The molecule has 8 heteroatoms. The third-order valence-corrected chi connectivity index (χ3v) is 6.72. The number of amides is 1. The molecule has 1 aliphatic heterocycles. The van der Waals surface area contributed by atoms with E-state index in [2.05, 4.69) is 13.8 Å². The molecule has 36 heavy (non-hydrogen) atoms. The van der Waals surface area contributed by atoms with E-state index in [1.165, 1.54) is 16.9 Å². The molecule has 1 aliphatic rings. The number of aryl methyl sites for hydroxylation is 1. The maximum atomic E-state index is 13.8. The summed E-state index contributed by atoms with van der Waals surface area (Å²) in [5.74, 6) is -0.236. The van der Waals surface area contributed by atoms with Crippen LogP contribution in [0.1, 0.15) is 43.5 Å². The first-order valence-electron chi connectivity index (χ1n) is 12.4. The number of ketones is 1. The highest BCUT2D eigenvalue weighted by molar-refractivity contribution is 6.46. The molecule has 3 rings (SSSR count). The Kier molecular flexibility index (Phi) is 8.98. The number of quaternary nitrogens is 1. The topological polar surface area (TPSA) is 92.6 Å². The predicted molar refractivity (Wildman–Crippen MR) is 135 cm³/mol. The molecule has 1 heterocycles. The zero-order valence-corrected chi connectivity index (χ0v) is 22.0. The molecule has 0 radical (unpaired) electrons. The number of likely N-dealkylation sites (N-methyl/N-ethyl adjacent to an activating group) is 1. The van der Waals surface area contributed by atoms with Gasteiger partial charge >= 0.3 is 0 Å². The Morgan fingerprint density at radius 3 is 2.31 bits per heavy atom. The molecule has 1 fully saturated rings. The first kappa shape index (κ1) is 27.1. The molecule has 194 valence electrons. The van der Waals surface area contributed by atoms with Gasteiger partial charge in [-0.2, -0.15) is 0 Å². The van der Waals surface area contributed by atoms with Crippen molar-refractivity contribution in [2.24, 2.45) is 0 Å². The number of Topliss-reactive ketones (excluding diaryl/α,β-unsaturated/α-hetero) is 1. The standard InChI is InChI=1S/C28H36N2O6/c1-7-29(8-2)14-15-30-25(19-10-13-22(36-9-3)23(17-19)35-6)24(27(32)28(30)33)26(31)21-12-11-20(34-5)16-18(21)4/h10-13,16-17,25,31H,7-9,14-15H2,1-6H3. The highest BCUT2D eigenvalue weighted by atomic mass is 16.5. The summed E-state index contributed by atoms with van der Waals surface area (Å²) in [6.07, 6.45) is 0. The lowest BCUT2D eigenvalue weighted by Gasteiger charge is -2.29. The largest absolute Gasteiger partial charge is 0.872 e. The van der Waals surface area contributed by atoms with Crippen LogP contribution in [0.4, 0.5) is 0 Å². The summed E-state index contributed by atoms with van der Waals surface area (Å²) < 4.78 is 16.4. The van der Waals surface area contributed by atoms with E-state index in [0.717, 1.165) is 13.1 Å². The van der Waals surface area contributed by atoms with Crippen molar-refractivity contribution < 1.29 is 33.8 Å².